The van der Waals surface area contributed by atoms with E-state index in [1.165, 1.54) is 12.7 Å². The van der Waals surface area contributed by atoms with Gasteiger partial charge in [-0.2, -0.15) is 4.98 Å². The van der Waals surface area contributed by atoms with E-state index in [1.807, 2.05) is 19.9 Å². The zero-order valence-corrected chi connectivity index (χ0v) is 10.9. The smallest absolute Gasteiger partial charge is 0.351 e. The van der Waals surface area contributed by atoms with Crippen LogP contribution in [0.5, 0.6) is 6.01 Å². The molecule has 1 heterocycles. The fraction of sp³-hybridized carbons (Fsp3) is 0.308. The number of benzene rings is 1. The summed E-state index contributed by atoms with van der Waals surface area (Å²) in [5.41, 5.74) is 3.83. The number of hydrogen-bond acceptors (Lipinski definition) is 4. The van der Waals surface area contributed by atoms with Gasteiger partial charge in [0.05, 0.1) is 7.11 Å². The molecule has 2 aromatic rings. The van der Waals surface area contributed by atoms with Crippen molar-refractivity contribution in [1.82, 2.24) is 15.0 Å². The average Bonchev–Trinajstić information content (AvgIpc) is 2.33. The quantitative estimate of drug-likeness (QED) is 0.875. The predicted octanol–water partition coefficient (Wildman–Crippen LogP) is 1.77. The van der Waals surface area contributed by atoms with Crippen molar-refractivity contribution in [3.8, 4) is 17.4 Å². The molecule has 0 fully saturated rings. The Kier molecular flexibility index (Phi) is 3.14. The lowest BCUT2D eigenvalue weighted by Gasteiger charge is -2.09. The topological polar surface area (TPSA) is 67.9 Å². The Morgan fingerprint density at radius 3 is 2.39 bits per heavy atom. The van der Waals surface area contributed by atoms with E-state index in [9.17, 15) is 4.79 Å². The van der Waals surface area contributed by atoms with Crippen LogP contribution < -0.4 is 10.4 Å². The number of aromatic amines is 1. The minimum atomic E-state index is -0.463. The van der Waals surface area contributed by atoms with Crippen LogP contribution in [0.1, 0.15) is 16.7 Å². The molecule has 0 bridgehead atoms. The number of methoxy groups -OCH3 is 1. The largest absolute Gasteiger partial charge is 0.467 e. The molecule has 1 aromatic heterocycles. The van der Waals surface area contributed by atoms with Gasteiger partial charge in [-0.15, -0.1) is 4.98 Å². The highest BCUT2D eigenvalue weighted by Gasteiger charge is 2.09. The molecule has 1 aromatic carbocycles. The zero-order valence-electron chi connectivity index (χ0n) is 10.9. The highest BCUT2D eigenvalue weighted by atomic mass is 16.5. The number of hydrogen-bond donors (Lipinski definition) is 1. The van der Waals surface area contributed by atoms with Crippen LogP contribution in [-0.2, 0) is 0 Å². The monoisotopic (exact) mass is 245 g/mol. The molecule has 0 unspecified atom stereocenters. The second kappa shape index (κ2) is 4.60. The lowest BCUT2D eigenvalue weighted by atomic mass is 10.0. The minimum Gasteiger partial charge on any atom is -0.467 e. The molecular formula is C13H15N3O2. The lowest BCUT2D eigenvalue weighted by Crippen LogP contribution is -2.14. The van der Waals surface area contributed by atoms with Crippen molar-refractivity contribution in [1.29, 1.82) is 0 Å². The van der Waals surface area contributed by atoms with E-state index >= 15 is 0 Å². The second-order valence-electron chi connectivity index (χ2n) is 4.24. The second-order valence-corrected chi connectivity index (χ2v) is 4.24. The summed E-state index contributed by atoms with van der Waals surface area (Å²) in [7, 11) is 1.44. The van der Waals surface area contributed by atoms with Crippen molar-refractivity contribution < 1.29 is 4.74 Å². The molecule has 5 heteroatoms. The summed E-state index contributed by atoms with van der Waals surface area (Å²) in [6.45, 7) is 6.05. The van der Waals surface area contributed by atoms with Gasteiger partial charge in [0.15, 0.2) is 0 Å². The summed E-state index contributed by atoms with van der Waals surface area (Å²) in [5, 5.41) is 0. The van der Waals surface area contributed by atoms with Gasteiger partial charge in [0.1, 0.15) is 5.82 Å². The SMILES string of the molecule is COc1nc(-c2cc(C)c(C)cc2C)[nH]c(=O)n1. The van der Waals surface area contributed by atoms with Crippen LogP contribution >= 0.6 is 0 Å². The van der Waals surface area contributed by atoms with E-state index in [-0.39, 0.29) is 6.01 Å². The van der Waals surface area contributed by atoms with Crippen LogP contribution in [0.15, 0.2) is 16.9 Å². The van der Waals surface area contributed by atoms with Gasteiger partial charge in [0.25, 0.3) is 0 Å². The van der Waals surface area contributed by atoms with Gasteiger partial charge in [-0.1, -0.05) is 6.07 Å². The van der Waals surface area contributed by atoms with Crippen LogP contribution in [0.3, 0.4) is 0 Å². The number of nitrogens with zero attached hydrogens (tertiary/aromatic N) is 2. The first-order valence-electron chi connectivity index (χ1n) is 5.62. The Labute approximate surface area is 105 Å². The van der Waals surface area contributed by atoms with Crippen molar-refractivity contribution in [2.24, 2.45) is 0 Å². The van der Waals surface area contributed by atoms with Crippen LogP contribution in [-0.4, -0.2) is 22.1 Å². The zero-order chi connectivity index (χ0) is 13.3. The van der Waals surface area contributed by atoms with Gasteiger partial charge in [-0.25, -0.2) is 4.79 Å². The van der Waals surface area contributed by atoms with Gasteiger partial charge in [-0.3, -0.25) is 4.98 Å². The van der Waals surface area contributed by atoms with Crippen LogP contribution in [0.4, 0.5) is 0 Å². The maximum Gasteiger partial charge on any atom is 0.351 e. The average molecular weight is 245 g/mol. The van der Waals surface area contributed by atoms with Crippen molar-refractivity contribution in [2.75, 3.05) is 7.11 Å². The molecule has 0 spiro atoms. The fourth-order valence-corrected chi connectivity index (χ4v) is 1.80. The van der Waals surface area contributed by atoms with Crippen LogP contribution in [0.2, 0.25) is 0 Å². The summed E-state index contributed by atoms with van der Waals surface area (Å²) in [5.74, 6) is 0.479. The van der Waals surface area contributed by atoms with Crippen molar-refractivity contribution in [3.63, 3.8) is 0 Å². The van der Waals surface area contributed by atoms with Crippen LogP contribution in [0, 0.1) is 20.8 Å². The molecule has 0 aliphatic carbocycles. The number of aromatic nitrogens is 3. The van der Waals surface area contributed by atoms with E-state index < -0.39 is 5.69 Å². The Morgan fingerprint density at radius 2 is 1.72 bits per heavy atom. The Hall–Kier alpha value is -2.17. The number of rotatable bonds is 2. The lowest BCUT2D eigenvalue weighted by molar-refractivity contribution is 0.377. The summed E-state index contributed by atoms with van der Waals surface area (Å²) in [4.78, 5) is 21.8. The summed E-state index contributed by atoms with van der Waals surface area (Å²) in [6.07, 6.45) is 0. The summed E-state index contributed by atoms with van der Waals surface area (Å²) >= 11 is 0. The first kappa shape index (κ1) is 12.3. The third-order valence-corrected chi connectivity index (χ3v) is 2.91. The first-order valence-corrected chi connectivity index (χ1v) is 5.62. The Balaban J connectivity index is 2.65. The predicted molar refractivity (Wildman–Crippen MR) is 68.9 cm³/mol. The van der Waals surface area contributed by atoms with Crippen LogP contribution in [0.25, 0.3) is 11.4 Å². The van der Waals surface area contributed by atoms with Gasteiger partial charge >= 0.3 is 11.7 Å². The van der Waals surface area contributed by atoms with E-state index in [0.29, 0.717) is 5.82 Å². The Bertz CT molecular complexity index is 647. The third-order valence-electron chi connectivity index (χ3n) is 2.91. The highest BCUT2D eigenvalue weighted by molar-refractivity contribution is 5.62. The standard InChI is InChI=1S/C13H15N3O2/c1-7-5-9(3)10(6-8(7)2)11-14-12(17)16-13(15-11)18-4/h5-6H,1-4H3,(H,14,15,16,17). The molecule has 18 heavy (non-hydrogen) atoms. The van der Waals surface area contributed by atoms with Gasteiger partial charge in [-0.05, 0) is 43.5 Å². The molecule has 94 valence electrons. The molecule has 0 aliphatic heterocycles. The maximum atomic E-state index is 11.4. The molecule has 2 rings (SSSR count). The van der Waals surface area contributed by atoms with E-state index in [1.54, 1.807) is 0 Å². The first-order chi connectivity index (χ1) is 8.51. The summed E-state index contributed by atoms with van der Waals surface area (Å²) < 4.78 is 4.91. The van der Waals surface area contributed by atoms with E-state index in [0.717, 1.165) is 16.7 Å². The number of ether oxygens (including phenoxy) is 1. The number of H-pyrrole nitrogens is 1. The normalized spacial score (nSPS) is 10.4. The highest BCUT2D eigenvalue weighted by Crippen LogP contribution is 2.23. The molecule has 0 amide bonds. The van der Waals surface area contributed by atoms with Crippen molar-refractivity contribution in [3.05, 3.63) is 39.3 Å². The minimum absolute atomic E-state index is 0.0754. The van der Waals surface area contributed by atoms with E-state index in [4.69, 9.17) is 4.74 Å². The molecule has 0 radical (unpaired) electrons. The molecule has 0 aliphatic rings. The van der Waals surface area contributed by atoms with Gasteiger partial charge < -0.3 is 4.74 Å². The van der Waals surface area contributed by atoms with Gasteiger partial charge in [0, 0.05) is 5.56 Å². The molecule has 0 atom stereocenters. The van der Waals surface area contributed by atoms with E-state index in [2.05, 4.69) is 27.9 Å². The fourth-order valence-electron chi connectivity index (χ4n) is 1.80. The number of nitrogens with one attached hydrogen (secondary N) is 1. The molecular weight excluding hydrogens is 230 g/mol. The molecule has 0 saturated carbocycles. The third kappa shape index (κ3) is 2.25. The van der Waals surface area contributed by atoms with Gasteiger partial charge in [0.2, 0.25) is 0 Å². The van der Waals surface area contributed by atoms with Crippen molar-refractivity contribution >= 4 is 0 Å². The maximum absolute atomic E-state index is 11.4. The number of aryl methyl sites for hydroxylation is 3. The molecule has 5 nitrogen and oxygen atoms in total. The Morgan fingerprint density at radius 1 is 1.06 bits per heavy atom. The molecule has 0 saturated heterocycles. The van der Waals surface area contributed by atoms with Crippen molar-refractivity contribution in [2.45, 2.75) is 20.8 Å². The molecule has 1 N–H and O–H groups in total. The summed E-state index contributed by atoms with van der Waals surface area (Å²) in [6, 6.07) is 4.14.